The molecule has 4 saturated carbocycles. The topological polar surface area (TPSA) is 87.2 Å². The van der Waals surface area contributed by atoms with E-state index in [0.717, 1.165) is 80.2 Å². The number of imidazole rings is 1. The summed E-state index contributed by atoms with van der Waals surface area (Å²) in [6, 6.07) is 0.224. The van der Waals surface area contributed by atoms with Gasteiger partial charge in [0.2, 0.25) is 0 Å². The van der Waals surface area contributed by atoms with E-state index in [9.17, 15) is 9.90 Å². The second kappa shape index (κ2) is 14.6. The summed E-state index contributed by atoms with van der Waals surface area (Å²) in [4.78, 5) is 20.2. The van der Waals surface area contributed by atoms with Gasteiger partial charge in [-0.3, -0.25) is 10.1 Å². The number of esters is 1. The molecule has 4 aliphatic carbocycles. The lowest BCUT2D eigenvalue weighted by Gasteiger charge is -2.63. The summed E-state index contributed by atoms with van der Waals surface area (Å²) < 4.78 is 6.14. The van der Waals surface area contributed by atoms with E-state index in [1.54, 1.807) is 6.33 Å². The number of carbonyl (C=O) groups is 1. The fraction of sp³-hybridized carbons (Fsp3) is 0.895. The van der Waals surface area contributed by atoms with Crippen molar-refractivity contribution in [3.63, 3.8) is 0 Å². The lowest BCUT2D eigenvalue weighted by molar-refractivity contribution is -0.168. The normalized spacial score (nSPS) is 38.0. The molecular formula is C38H65N3O3. The highest BCUT2D eigenvalue weighted by atomic mass is 16.5. The van der Waals surface area contributed by atoms with Crippen LogP contribution in [0, 0.1) is 52.3 Å². The van der Waals surface area contributed by atoms with Crippen molar-refractivity contribution in [3.8, 4) is 0 Å². The fourth-order valence-electron chi connectivity index (χ4n) is 11.3. The molecule has 0 aliphatic heterocycles. The van der Waals surface area contributed by atoms with Crippen LogP contribution in [0.15, 0.2) is 12.5 Å². The molecule has 1 aromatic rings. The number of H-pyrrole nitrogens is 1. The first-order chi connectivity index (χ1) is 21.0. The van der Waals surface area contributed by atoms with Gasteiger partial charge in [-0.25, -0.2) is 4.98 Å². The smallest absolute Gasteiger partial charge is 0.306 e. The zero-order valence-electron chi connectivity index (χ0n) is 29.0. The van der Waals surface area contributed by atoms with Crippen LogP contribution in [-0.2, 0) is 16.0 Å². The molecule has 0 saturated heterocycles. The average molecular weight is 612 g/mol. The minimum absolute atomic E-state index is 0.00272. The zero-order valence-corrected chi connectivity index (χ0v) is 29.0. The number of carbonyl (C=O) groups excluding carboxylic acids is 1. The molecule has 0 radical (unpaired) electrons. The Morgan fingerprint density at radius 1 is 1.02 bits per heavy atom. The quantitative estimate of drug-likeness (QED) is 0.112. The third-order valence-electron chi connectivity index (χ3n) is 13.5. The Morgan fingerprint density at radius 2 is 1.80 bits per heavy atom. The Bertz CT molecular complexity index is 1040. The van der Waals surface area contributed by atoms with E-state index in [2.05, 4.69) is 56.8 Å². The molecule has 0 spiro atoms. The number of rotatable bonds is 14. The number of aliphatic hydroxyl groups excluding tert-OH is 1. The molecule has 1 heterocycles. The van der Waals surface area contributed by atoms with Crippen molar-refractivity contribution in [2.24, 2.45) is 52.3 Å². The maximum atomic E-state index is 12.7. The fourth-order valence-corrected chi connectivity index (χ4v) is 11.3. The predicted octanol–water partition coefficient (Wildman–Crippen LogP) is 8.45. The maximum Gasteiger partial charge on any atom is 0.306 e. The minimum Gasteiger partial charge on any atom is -0.462 e. The van der Waals surface area contributed by atoms with E-state index in [4.69, 9.17) is 4.74 Å². The third-order valence-corrected chi connectivity index (χ3v) is 13.5. The van der Waals surface area contributed by atoms with E-state index < -0.39 is 6.23 Å². The molecule has 3 unspecified atom stereocenters. The van der Waals surface area contributed by atoms with Crippen molar-refractivity contribution in [2.45, 2.75) is 163 Å². The van der Waals surface area contributed by atoms with Gasteiger partial charge in [0.25, 0.3) is 0 Å². The Kier molecular flexibility index (Phi) is 11.2. The van der Waals surface area contributed by atoms with Gasteiger partial charge < -0.3 is 14.8 Å². The Labute approximate surface area is 268 Å². The molecule has 0 aromatic carbocycles. The van der Waals surface area contributed by atoms with Gasteiger partial charge in [-0.05, 0) is 110 Å². The van der Waals surface area contributed by atoms with E-state index >= 15 is 0 Å². The van der Waals surface area contributed by atoms with Gasteiger partial charge in [0.1, 0.15) is 12.3 Å². The number of aromatic amines is 1. The maximum absolute atomic E-state index is 12.7. The number of hydrogen-bond acceptors (Lipinski definition) is 5. The van der Waals surface area contributed by atoms with Gasteiger partial charge in [-0.1, -0.05) is 73.6 Å². The number of fused-ring (bicyclic) bond motifs is 5. The third kappa shape index (κ3) is 7.27. The van der Waals surface area contributed by atoms with E-state index in [1.807, 2.05) is 6.20 Å². The standard InChI is InChI=1S/C38H65N3O3/c1-7-8-9-13-36(43)44-28-16-18-38(6)32-17-19-37(5)30(26(4)12-10-11-25(2)3)14-15-31(37)29(32)22-34(33(38)21-28)41-35(42)20-27-23-39-24-40-27/h23-26,28-35,41-42H,7-22H2,1-6H3,(H,39,40)/t26?,28-,29-,30+,31-,32-,33?,34+,35?,37+,38+/m0/s1. The molecule has 0 bridgehead atoms. The lowest BCUT2D eigenvalue weighted by Crippen LogP contribution is -2.62. The Morgan fingerprint density at radius 3 is 2.52 bits per heavy atom. The molecule has 4 fully saturated rings. The van der Waals surface area contributed by atoms with Crippen LogP contribution in [0.4, 0.5) is 0 Å². The van der Waals surface area contributed by atoms with Gasteiger partial charge in [0, 0.05) is 25.1 Å². The van der Waals surface area contributed by atoms with E-state index in [-0.39, 0.29) is 23.5 Å². The summed E-state index contributed by atoms with van der Waals surface area (Å²) >= 11 is 0. The molecule has 5 rings (SSSR count). The first kappa shape index (κ1) is 33.9. The molecular weight excluding hydrogens is 546 g/mol. The lowest BCUT2D eigenvalue weighted by atomic mass is 9.43. The van der Waals surface area contributed by atoms with Crippen LogP contribution >= 0.6 is 0 Å². The monoisotopic (exact) mass is 612 g/mol. The molecule has 11 atom stereocenters. The number of nitrogens with zero attached hydrogens (tertiary/aromatic N) is 1. The van der Waals surface area contributed by atoms with E-state index in [0.29, 0.717) is 30.1 Å². The summed E-state index contributed by atoms with van der Waals surface area (Å²) in [5, 5.41) is 15.1. The Hall–Kier alpha value is -1.40. The van der Waals surface area contributed by atoms with Crippen LogP contribution < -0.4 is 5.32 Å². The van der Waals surface area contributed by atoms with Crippen molar-refractivity contribution >= 4 is 5.97 Å². The largest absolute Gasteiger partial charge is 0.462 e. The average Bonchev–Trinajstić information content (AvgIpc) is 3.60. The molecule has 250 valence electrons. The highest BCUT2D eigenvalue weighted by Gasteiger charge is 2.62. The molecule has 44 heavy (non-hydrogen) atoms. The predicted molar refractivity (Wildman–Crippen MR) is 178 cm³/mol. The van der Waals surface area contributed by atoms with Crippen molar-refractivity contribution in [2.75, 3.05) is 0 Å². The molecule has 4 aliphatic rings. The van der Waals surface area contributed by atoms with Gasteiger partial charge in [-0.2, -0.15) is 0 Å². The molecule has 1 aromatic heterocycles. The summed E-state index contributed by atoms with van der Waals surface area (Å²) in [5.41, 5.74) is 1.53. The number of nitrogens with one attached hydrogen (secondary N) is 2. The number of aromatic nitrogens is 2. The number of aliphatic hydroxyl groups is 1. The molecule has 6 nitrogen and oxygen atoms in total. The molecule has 6 heteroatoms. The van der Waals surface area contributed by atoms with Crippen molar-refractivity contribution in [3.05, 3.63) is 18.2 Å². The molecule has 0 amide bonds. The van der Waals surface area contributed by atoms with Gasteiger partial charge in [0.05, 0.1) is 12.0 Å². The highest BCUT2D eigenvalue weighted by molar-refractivity contribution is 5.69. The first-order valence-electron chi connectivity index (χ1n) is 18.7. The number of ether oxygens (including phenoxy) is 1. The molecule has 3 N–H and O–H groups in total. The zero-order chi connectivity index (χ0) is 31.5. The summed E-state index contributed by atoms with van der Waals surface area (Å²) in [5.74, 6) is 5.03. The van der Waals surface area contributed by atoms with Crippen molar-refractivity contribution in [1.29, 1.82) is 0 Å². The van der Waals surface area contributed by atoms with Crippen LogP contribution in [0.5, 0.6) is 0 Å². The summed E-state index contributed by atoms with van der Waals surface area (Å²) in [7, 11) is 0. The minimum atomic E-state index is -0.631. The van der Waals surface area contributed by atoms with Crippen LogP contribution in [0.3, 0.4) is 0 Å². The number of hydrogen-bond donors (Lipinski definition) is 3. The second-order valence-electron chi connectivity index (χ2n) is 16.7. The number of unbranched alkanes of at least 4 members (excludes halogenated alkanes) is 2. The van der Waals surface area contributed by atoms with Gasteiger partial charge in [0.15, 0.2) is 0 Å². The SMILES string of the molecule is CCCCCC(=O)O[C@H]1CC[C@@]2(C)C(C1)[C@H](NC(O)Cc1c[nH]cn1)C[C@H]1[C@@H]3CC[C@H](C(C)CCCC(C)C)[C@@]3(C)CC[C@@H]12. The van der Waals surface area contributed by atoms with Crippen LogP contribution in [-0.4, -0.2) is 39.4 Å². The van der Waals surface area contributed by atoms with Gasteiger partial charge >= 0.3 is 5.97 Å². The summed E-state index contributed by atoms with van der Waals surface area (Å²) in [6.45, 7) is 14.7. The van der Waals surface area contributed by atoms with Crippen molar-refractivity contribution in [1.82, 2.24) is 15.3 Å². The first-order valence-corrected chi connectivity index (χ1v) is 18.7. The Balaban J connectivity index is 1.33. The van der Waals surface area contributed by atoms with Crippen LogP contribution in [0.1, 0.15) is 144 Å². The van der Waals surface area contributed by atoms with Crippen LogP contribution in [0.2, 0.25) is 0 Å². The van der Waals surface area contributed by atoms with Crippen molar-refractivity contribution < 1.29 is 14.6 Å². The highest BCUT2D eigenvalue weighted by Crippen LogP contribution is 2.68. The van der Waals surface area contributed by atoms with E-state index in [1.165, 1.54) is 44.9 Å². The van der Waals surface area contributed by atoms with Crippen LogP contribution in [0.25, 0.3) is 0 Å². The summed E-state index contributed by atoms with van der Waals surface area (Å²) in [6.07, 6.45) is 20.8. The van der Waals surface area contributed by atoms with Gasteiger partial charge in [-0.15, -0.1) is 0 Å². The second-order valence-corrected chi connectivity index (χ2v) is 16.7.